The van der Waals surface area contributed by atoms with Crippen molar-refractivity contribution in [2.75, 3.05) is 20.3 Å². The second-order valence-electron chi connectivity index (χ2n) is 5.95. The summed E-state index contributed by atoms with van der Waals surface area (Å²) in [5, 5.41) is 3.59. The van der Waals surface area contributed by atoms with E-state index in [2.05, 4.69) is 15.3 Å². The molecule has 0 radical (unpaired) electrons. The third-order valence-electron chi connectivity index (χ3n) is 4.19. The van der Waals surface area contributed by atoms with Gasteiger partial charge in [0.25, 0.3) is 0 Å². The highest BCUT2D eigenvalue weighted by Crippen LogP contribution is 2.30. The molecule has 1 aromatic heterocycles. The van der Waals surface area contributed by atoms with Crippen LogP contribution in [0.2, 0.25) is 5.02 Å². The number of imidazole rings is 1. The Hall–Kier alpha value is -2.05. The molecule has 0 bridgehead atoms. The summed E-state index contributed by atoms with van der Waals surface area (Å²) in [6.07, 6.45) is 2.55. The van der Waals surface area contributed by atoms with E-state index in [9.17, 15) is 4.79 Å². The lowest BCUT2D eigenvalue weighted by Gasteiger charge is -2.27. The molecule has 1 fully saturated rings. The van der Waals surface area contributed by atoms with Crippen molar-refractivity contribution in [1.29, 1.82) is 0 Å². The van der Waals surface area contributed by atoms with Gasteiger partial charge in [0.15, 0.2) is 0 Å². The molecular formula is C17H20ClN3O3. The van der Waals surface area contributed by atoms with Crippen LogP contribution in [0.15, 0.2) is 24.4 Å². The number of nitrogens with one attached hydrogen (secondary N) is 2. The van der Waals surface area contributed by atoms with Gasteiger partial charge in [-0.05, 0) is 19.1 Å². The zero-order chi connectivity index (χ0) is 17.2. The van der Waals surface area contributed by atoms with Crippen molar-refractivity contribution in [3.63, 3.8) is 0 Å². The molecule has 128 valence electrons. The minimum Gasteiger partial charge on any atom is -0.496 e. The Morgan fingerprint density at radius 1 is 1.54 bits per heavy atom. The molecule has 1 atom stereocenters. The average molecular weight is 350 g/mol. The van der Waals surface area contributed by atoms with Crippen LogP contribution in [0.5, 0.6) is 5.75 Å². The number of hydrogen-bond acceptors (Lipinski definition) is 4. The van der Waals surface area contributed by atoms with Crippen molar-refractivity contribution in [2.45, 2.75) is 25.3 Å². The summed E-state index contributed by atoms with van der Waals surface area (Å²) < 4.78 is 10.8. The molecule has 2 N–H and O–H groups in total. The van der Waals surface area contributed by atoms with Crippen molar-refractivity contribution in [3.05, 3.63) is 46.5 Å². The second-order valence-corrected chi connectivity index (χ2v) is 6.35. The van der Waals surface area contributed by atoms with E-state index in [4.69, 9.17) is 21.1 Å². The van der Waals surface area contributed by atoms with Gasteiger partial charge in [-0.2, -0.15) is 0 Å². The molecule has 2 aromatic rings. The van der Waals surface area contributed by atoms with Gasteiger partial charge in [-0.3, -0.25) is 4.79 Å². The van der Waals surface area contributed by atoms with Crippen molar-refractivity contribution < 1.29 is 14.3 Å². The monoisotopic (exact) mass is 349 g/mol. The molecule has 7 heteroatoms. The Balaban J connectivity index is 1.81. The first-order valence-corrected chi connectivity index (χ1v) is 8.14. The SMILES string of the molecule is COc1cccc(Cl)c1CC(=O)NC1(c2ncc(C)[nH]2)CCOC1. The first-order chi connectivity index (χ1) is 11.5. The van der Waals surface area contributed by atoms with Gasteiger partial charge in [0.1, 0.15) is 17.1 Å². The van der Waals surface area contributed by atoms with Crippen LogP contribution in [0.1, 0.15) is 23.5 Å². The molecule has 0 spiro atoms. The lowest BCUT2D eigenvalue weighted by molar-refractivity contribution is -0.122. The van der Waals surface area contributed by atoms with Crippen LogP contribution >= 0.6 is 11.6 Å². The van der Waals surface area contributed by atoms with Gasteiger partial charge in [-0.25, -0.2) is 4.98 Å². The Labute approximate surface area is 145 Å². The first kappa shape index (κ1) is 16.8. The average Bonchev–Trinajstić information content (AvgIpc) is 3.19. The van der Waals surface area contributed by atoms with Crippen molar-refractivity contribution >= 4 is 17.5 Å². The number of methoxy groups -OCH3 is 1. The number of aromatic nitrogens is 2. The predicted octanol–water partition coefficient (Wildman–Crippen LogP) is 2.35. The summed E-state index contributed by atoms with van der Waals surface area (Å²) in [6.45, 7) is 2.90. The lowest BCUT2D eigenvalue weighted by atomic mass is 9.97. The van der Waals surface area contributed by atoms with Crippen molar-refractivity contribution in [2.24, 2.45) is 0 Å². The number of carbonyl (C=O) groups is 1. The molecule has 1 unspecified atom stereocenters. The van der Waals surface area contributed by atoms with Gasteiger partial charge in [-0.1, -0.05) is 17.7 Å². The van der Waals surface area contributed by atoms with Crippen LogP contribution < -0.4 is 10.1 Å². The van der Waals surface area contributed by atoms with Crippen LogP contribution in [0.3, 0.4) is 0 Å². The van der Waals surface area contributed by atoms with E-state index in [1.807, 2.05) is 6.92 Å². The summed E-state index contributed by atoms with van der Waals surface area (Å²) in [6, 6.07) is 5.33. The largest absolute Gasteiger partial charge is 0.496 e. The molecule has 1 aromatic carbocycles. The Morgan fingerprint density at radius 2 is 2.38 bits per heavy atom. The zero-order valence-corrected chi connectivity index (χ0v) is 14.4. The maximum absolute atomic E-state index is 12.7. The van der Waals surface area contributed by atoms with Gasteiger partial charge >= 0.3 is 0 Å². The number of nitrogens with zero attached hydrogens (tertiary/aromatic N) is 1. The number of hydrogen-bond donors (Lipinski definition) is 2. The molecule has 0 saturated carbocycles. The summed E-state index contributed by atoms with van der Waals surface area (Å²) in [5.74, 6) is 1.17. The molecule has 1 saturated heterocycles. The van der Waals surface area contributed by atoms with E-state index < -0.39 is 5.54 Å². The number of aromatic amines is 1. The van der Waals surface area contributed by atoms with Gasteiger partial charge < -0.3 is 19.8 Å². The number of halogens is 1. The van der Waals surface area contributed by atoms with E-state index in [1.165, 1.54) is 0 Å². The lowest BCUT2D eigenvalue weighted by Crippen LogP contribution is -2.48. The number of rotatable bonds is 5. The number of benzene rings is 1. The molecule has 0 aliphatic carbocycles. The molecule has 2 heterocycles. The van der Waals surface area contributed by atoms with E-state index in [1.54, 1.807) is 31.5 Å². The first-order valence-electron chi connectivity index (χ1n) is 7.76. The maximum Gasteiger partial charge on any atom is 0.225 e. The van der Waals surface area contributed by atoms with E-state index in [-0.39, 0.29) is 12.3 Å². The van der Waals surface area contributed by atoms with Gasteiger partial charge in [0.05, 0.1) is 20.1 Å². The topological polar surface area (TPSA) is 76.2 Å². The van der Waals surface area contributed by atoms with Crippen LogP contribution in [-0.2, 0) is 21.5 Å². The molecule has 1 amide bonds. The molecule has 6 nitrogen and oxygen atoms in total. The highest BCUT2D eigenvalue weighted by atomic mass is 35.5. The highest BCUT2D eigenvalue weighted by Gasteiger charge is 2.40. The Kier molecular flexibility index (Phi) is 4.78. The van der Waals surface area contributed by atoms with Crippen molar-refractivity contribution in [3.8, 4) is 5.75 Å². The third kappa shape index (κ3) is 3.25. The minimum absolute atomic E-state index is 0.129. The summed E-state index contributed by atoms with van der Waals surface area (Å²) in [7, 11) is 1.56. The van der Waals surface area contributed by atoms with Crippen LogP contribution in [0.25, 0.3) is 0 Å². The number of ether oxygens (including phenoxy) is 2. The molecule has 1 aliphatic rings. The van der Waals surface area contributed by atoms with Gasteiger partial charge in [-0.15, -0.1) is 0 Å². The molecule has 3 rings (SSSR count). The highest BCUT2D eigenvalue weighted by molar-refractivity contribution is 6.31. The Morgan fingerprint density at radius 3 is 3.00 bits per heavy atom. The quantitative estimate of drug-likeness (QED) is 0.868. The van der Waals surface area contributed by atoms with Gasteiger partial charge in [0, 0.05) is 35.5 Å². The van der Waals surface area contributed by atoms with Crippen LogP contribution in [-0.4, -0.2) is 36.2 Å². The fourth-order valence-electron chi connectivity index (χ4n) is 2.94. The third-order valence-corrected chi connectivity index (χ3v) is 4.54. The predicted molar refractivity (Wildman–Crippen MR) is 90.3 cm³/mol. The standard InChI is InChI=1S/C17H20ClN3O3/c1-11-9-19-16(20-11)17(6-7-24-10-17)21-15(22)8-12-13(18)4-3-5-14(12)23-2/h3-5,9H,6-8,10H2,1-2H3,(H,19,20)(H,21,22). The maximum atomic E-state index is 12.7. The second kappa shape index (κ2) is 6.83. The summed E-state index contributed by atoms with van der Waals surface area (Å²) >= 11 is 6.22. The number of aryl methyl sites for hydroxylation is 1. The van der Waals surface area contributed by atoms with Crippen LogP contribution in [0, 0.1) is 6.92 Å². The van der Waals surface area contributed by atoms with Crippen molar-refractivity contribution in [1.82, 2.24) is 15.3 Å². The van der Waals surface area contributed by atoms with E-state index in [0.29, 0.717) is 36.0 Å². The van der Waals surface area contributed by atoms with E-state index >= 15 is 0 Å². The smallest absolute Gasteiger partial charge is 0.225 e. The Bertz CT molecular complexity index is 738. The molecule has 24 heavy (non-hydrogen) atoms. The van der Waals surface area contributed by atoms with Crippen LogP contribution in [0.4, 0.5) is 0 Å². The minimum atomic E-state index is -0.625. The fraction of sp³-hybridized carbons (Fsp3) is 0.412. The van der Waals surface area contributed by atoms with E-state index in [0.717, 1.165) is 11.5 Å². The number of H-pyrrole nitrogens is 1. The molecular weight excluding hydrogens is 330 g/mol. The fourth-order valence-corrected chi connectivity index (χ4v) is 3.17. The summed E-state index contributed by atoms with van der Waals surface area (Å²) in [4.78, 5) is 20.2. The summed E-state index contributed by atoms with van der Waals surface area (Å²) in [5.41, 5.74) is 0.988. The number of amides is 1. The number of carbonyl (C=O) groups excluding carboxylic acids is 1. The normalized spacial score (nSPS) is 20.1. The molecule has 1 aliphatic heterocycles. The van der Waals surface area contributed by atoms with Gasteiger partial charge in [0.2, 0.25) is 5.91 Å². The zero-order valence-electron chi connectivity index (χ0n) is 13.7.